The van der Waals surface area contributed by atoms with E-state index < -0.39 is 0 Å². The number of benzene rings is 1. The second-order valence-electron chi connectivity index (χ2n) is 10.4. The first-order valence-corrected chi connectivity index (χ1v) is 13.7. The predicted molar refractivity (Wildman–Crippen MR) is 145 cm³/mol. The molecular formula is C29H37N7O. The van der Waals surface area contributed by atoms with E-state index in [2.05, 4.69) is 51.3 Å². The van der Waals surface area contributed by atoms with Gasteiger partial charge in [-0.05, 0) is 48.4 Å². The van der Waals surface area contributed by atoms with Gasteiger partial charge in [0.15, 0.2) is 0 Å². The van der Waals surface area contributed by atoms with Crippen LogP contribution < -0.4 is 5.69 Å². The number of aryl methyl sites for hydroxylation is 1. The lowest BCUT2D eigenvalue weighted by atomic mass is 9.88. The standard InChI is InChI=1S/C29H37N7O/c1-3-4-12-23-20-36(27-15-8-6-5-7-11-21(27)2)29(37)35(23)19-22-16-17-26(30-18-22)24-13-9-10-14-25(24)28-31-33-34-32-28/h9-10,13-14,16-18,20-21,27H,3-8,11-12,15,19H2,1-2H3,(H,31,32,33,34). The topological polar surface area (TPSA) is 94.3 Å². The van der Waals surface area contributed by atoms with Gasteiger partial charge in [-0.3, -0.25) is 14.1 Å². The molecule has 2 atom stereocenters. The molecule has 4 aromatic rings. The number of imidazole rings is 1. The molecule has 37 heavy (non-hydrogen) atoms. The monoisotopic (exact) mass is 499 g/mol. The lowest BCUT2D eigenvalue weighted by Crippen LogP contribution is -2.31. The molecular weight excluding hydrogens is 462 g/mol. The van der Waals surface area contributed by atoms with Crippen molar-refractivity contribution < 1.29 is 0 Å². The van der Waals surface area contributed by atoms with E-state index in [1.165, 1.54) is 32.1 Å². The minimum atomic E-state index is 0.120. The number of nitrogens with zero attached hydrogens (tertiary/aromatic N) is 6. The van der Waals surface area contributed by atoms with Crippen LogP contribution in [0.15, 0.2) is 53.6 Å². The number of hydrogen-bond donors (Lipinski definition) is 1. The fourth-order valence-electron chi connectivity index (χ4n) is 5.61. The molecule has 0 aliphatic heterocycles. The lowest BCUT2D eigenvalue weighted by Gasteiger charge is -2.27. The first-order valence-electron chi connectivity index (χ1n) is 13.7. The largest absolute Gasteiger partial charge is 0.328 e. The minimum absolute atomic E-state index is 0.120. The van der Waals surface area contributed by atoms with Crippen LogP contribution in [-0.4, -0.2) is 34.7 Å². The summed E-state index contributed by atoms with van der Waals surface area (Å²) in [6.45, 7) is 5.05. The average Bonchev–Trinajstić information content (AvgIpc) is 3.55. The Balaban J connectivity index is 1.43. The number of H-pyrrole nitrogens is 1. The number of tetrazole rings is 1. The number of unbranched alkanes of at least 4 members (excludes halogenated alkanes) is 1. The molecule has 2 unspecified atom stereocenters. The van der Waals surface area contributed by atoms with Crippen molar-refractivity contribution in [2.45, 2.75) is 84.2 Å². The highest BCUT2D eigenvalue weighted by atomic mass is 16.1. The van der Waals surface area contributed by atoms with Gasteiger partial charge in [-0.15, -0.1) is 10.2 Å². The summed E-state index contributed by atoms with van der Waals surface area (Å²) in [4.78, 5) is 18.5. The molecule has 0 bridgehead atoms. The summed E-state index contributed by atoms with van der Waals surface area (Å²) >= 11 is 0. The second-order valence-corrected chi connectivity index (χ2v) is 10.4. The zero-order valence-corrected chi connectivity index (χ0v) is 21.9. The number of pyridine rings is 1. The Labute approximate surface area is 218 Å². The zero-order valence-electron chi connectivity index (χ0n) is 21.9. The normalized spacial score (nSPS) is 18.4. The number of nitrogens with one attached hydrogen (secondary N) is 1. The Morgan fingerprint density at radius 1 is 1.03 bits per heavy atom. The van der Waals surface area contributed by atoms with Crippen LogP contribution in [0, 0.1) is 5.92 Å². The molecule has 1 aromatic carbocycles. The second kappa shape index (κ2) is 11.7. The van der Waals surface area contributed by atoms with Gasteiger partial charge in [-0.1, -0.05) is 76.3 Å². The zero-order chi connectivity index (χ0) is 25.6. The number of aromatic nitrogens is 7. The highest BCUT2D eigenvalue weighted by molar-refractivity contribution is 5.78. The van der Waals surface area contributed by atoms with Crippen LogP contribution in [0.25, 0.3) is 22.6 Å². The molecule has 0 amide bonds. The molecule has 1 aliphatic carbocycles. The first kappa shape index (κ1) is 25.1. The predicted octanol–water partition coefficient (Wildman–Crippen LogP) is 5.81. The van der Waals surface area contributed by atoms with E-state index in [9.17, 15) is 4.79 Å². The van der Waals surface area contributed by atoms with Crippen LogP contribution in [0.1, 0.15) is 82.5 Å². The Kier molecular flexibility index (Phi) is 7.92. The maximum absolute atomic E-state index is 13.7. The quantitative estimate of drug-likeness (QED) is 0.330. The van der Waals surface area contributed by atoms with E-state index in [0.717, 1.165) is 53.8 Å². The summed E-state index contributed by atoms with van der Waals surface area (Å²) in [5.74, 6) is 1.06. The third-order valence-corrected chi connectivity index (χ3v) is 7.75. The van der Waals surface area contributed by atoms with E-state index in [1.54, 1.807) is 0 Å². The molecule has 3 aromatic heterocycles. The Morgan fingerprint density at radius 2 is 1.84 bits per heavy atom. The van der Waals surface area contributed by atoms with Crippen LogP contribution in [-0.2, 0) is 13.0 Å². The highest BCUT2D eigenvalue weighted by Crippen LogP contribution is 2.31. The van der Waals surface area contributed by atoms with Crippen molar-refractivity contribution in [2.75, 3.05) is 0 Å². The number of hydrogen-bond acceptors (Lipinski definition) is 5. The van der Waals surface area contributed by atoms with Gasteiger partial charge in [-0.25, -0.2) is 4.79 Å². The molecule has 0 spiro atoms. The van der Waals surface area contributed by atoms with Gasteiger partial charge in [0.25, 0.3) is 0 Å². The van der Waals surface area contributed by atoms with Gasteiger partial charge in [0.1, 0.15) is 0 Å². The van der Waals surface area contributed by atoms with Crippen LogP contribution >= 0.6 is 0 Å². The molecule has 3 heterocycles. The van der Waals surface area contributed by atoms with Gasteiger partial charge >= 0.3 is 5.69 Å². The van der Waals surface area contributed by atoms with E-state index in [-0.39, 0.29) is 11.7 Å². The molecule has 5 rings (SSSR count). The Morgan fingerprint density at radius 3 is 2.57 bits per heavy atom. The molecule has 1 aliphatic rings. The molecule has 8 nitrogen and oxygen atoms in total. The summed E-state index contributed by atoms with van der Waals surface area (Å²) in [5, 5.41) is 14.5. The minimum Gasteiger partial charge on any atom is -0.296 e. The summed E-state index contributed by atoms with van der Waals surface area (Å²) in [6, 6.07) is 12.3. The van der Waals surface area contributed by atoms with E-state index in [4.69, 9.17) is 4.98 Å². The molecule has 1 fully saturated rings. The van der Waals surface area contributed by atoms with Gasteiger partial charge in [0, 0.05) is 35.3 Å². The van der Waals surface area contributed by atoms with E-state index in [1.807, 2.05) is 41.1 Å². The fourth-order valence-corrected chi connectivity index (χ4v) is 5.61. The van der Waals surface area contributed by atoms with Crippen molar-refractivity contribution in [2.24, 2.45) is 5.92 Å². The molecule has 194 valence electrons. The molecule has 0 saturated heterocycles. The van der Waals surface area contributed by atoms with E-state index >= 15 is 0 Å². The van der Waals surface area contributed by atoms with Crippen LogP contribution in [0.2, 0.25) is 0 Å². The van der Waals surface area contributed by atoms with Gasteiger partial charge in [-0.2, -0.15) is 5.21 Å². The number of rotatable bonds is 8. The van der Waals surface area contributed by atoms with Gasteiger partial charge < -0.3 is 0 Å². The van der Waals surface area contributed by atoms with Gasteiger partial charge in [0.05, 0.1) is 12.2 Å². The fraction of sp³-hybridized carbons (Fsp3) is 0.483. The molecule has 0 radical (unpaired) electrons. The third kappa shape index (κ3) is 5.58. The van der Waals surface area contributed by atoms with Crippen molar-refractivity contribution in [1.82, 2.24) is 34.7 Å². The maximum Gasteiger partial charge on any atom is 0.328 e. The summed E-state index contributed by atoms with van der Waals surface area (Å²) < 4.78 is 4.04. The lowest BCUT2D eigenvalue weighted by molar-refractivity contribution is 0.273. The smallest absolute Gasteiger partial charge is 0.296 e. The Bertz CT molecular complexity index is 1340. The van der Waals surface area contributed by atoms with Crippen molar-refractivity contribution in [1.29, 1.82) is 0 Å². The highest BCUT2D eigenvalue weighted by Gasteiger charge is 2.24. The van der Waals surface area contributed by atoms with Gasteiger partial charge in [0.2, 0.25) is 5.82 Å². The average molecular weight is 500 g/mol. The van der Waals surface area contributed by atoms with Crippen LogP contribution in [0.3, 0.4) is 0 Å². The molecule has 1 N–H and O–H groups in total. The third-order valence-electron chi connectivity index (χ3n) is 7.75. The summed E-state index contributed by atoms with van der Waals surface area (Å²) in [7, 11) is 0. The van der Waals surface area contributed by atoms with E-state index in [0.29, 0.717) is 18.3 Å². The summed E-state index contributed by atoms with van der Waals surface area (Å²) in [6.07, 6.45) is 14.5. The summed E-state index contributed by atoms with van der Waals surface area (Å²) in [5.41, 5.74) is 4.93. The van der Waals surface area contributed by atoms with Crippen molar-refractivity contribution in [3.63, 3.8) is 0 Å². The first-order chi connectivity index (χ1) is 18.2. The number of aromatic amines is 1. The maximum atomic E-state index is 13.7. The molecule has 1 saturated carbocycles. The van der Waals surface area contributed by atoms with Crippen molar-refractivity contribution >= 4 is 0 Å². The van der Waals surface area contributed by atoms with Crippen molar-refractivity contribution in [3.05, 3.63) is 70.5 Å². The molecule has 8 heteroatoms. The SMILES string of the molecule is CCCCc1cn(C2CCCCCCC2C)c(=O)n1Cc1ccc(-c2ccccc2-c2nn[nH]n2)nc1. The van der Waals surface area contributed by atoms with Crippen LogP contribution in [0.5, 0.6) is 0 Å². The Hall–Kier alpha value is -3.55. The van der Waals surface area contributed by atoms with Crippen LogP contribution in [0.4, 0.5) is 0 Å². The van der Waals surface area contributed by atoms with Crippen molar-refractivity contribution in [3.8, 4) is 22.6 Å².